The van der Waals surface area contributed by atoms with Gasteiger partial charge in [-0.25, -0.2) is 0 Å². The molecule has 2 atom stereocenters. The third-order valence-corrected chi connectivity index (χ3v) is 16.4. The summed E-state index contributed by atoms with van der Waals surface area (Å²) in [5.74, 6) is -0.0439. The number of hydrogen-bond acceptors (Lipinski definition) is 5. The number of carbonyl (C=O) groups excluding carboxylic acids is 2. The summed E-state index contributed by atoms with van der Waals surface area (Å²) in [6, 6.07) is -0.549. The first-order valence-electron chi connectivity index (χ1n) is 35.2. The van der Waals surface area contributed by atoms with E-state index in [1.54, 1.807) is 0 Å². The molecule has 6 heteroatoms. The monoisotopic (exact) mass is 1100 g/mol. The van der Waals surface area contributed by atoms with Crippen molar-refractivity contribution in [3.8, 4) is 0 Å². The Hall–Kier alpha value is -1.92. The predicted molar refractivity (Wildman–Crippen MR) is 343 cm³/mol. The van der Waals surface area contributed by atoms with Crippen molar-refractivity contribution in [1.29, 1.82) is 0 Å². The number of carbonyl (C=O) groups is 2. The van der Waals surface area contributed by atoms with E-state index in [9.17, 15) is 19.8 Å². The summed E-state index contributed by atoms with van der Waals surface area (Å²) in [7, 11) is 0. The van der Waals surface area contributed by atoms with E-state index in [0.717, 1.165) is 51.4 Å². The van der Waals surface area contributed by atoms with Crippen molar-refractivity contribution in [3.05, 3.63) is 36.5 Å². The van der Waals surface area contributed by atoms with Crippen LogP contribution in [0.1, 0.15) is 386 Å². The topological polar surface area (TPSA) is 95.9 Å². The standard InChI is InChI=1S/C72H137NO5/c1-3-5-7-9-11-13-15-17-19-20-21-22-23-24-25-27-30-33-37-40-44-48-52-56-60-64-70(75)69(68-74)73-71(76)65-61-57-53-49-45-41-38-34-31-28-26-29-32-35-39-43-47-51-55-59-63-67-78-72(77)66-62-58-54-50-46-42-36-18-16-14-12-10-8-6-4-2/h12,14,18,28,31,36,69-70,74-75H,3-11,13,15-17,19-27,29-30,32-35,37-68H2,1-2H3,(H,73,76)/b14-12-,31-28-,36-18-. The van der Waals surface area contributed by atoms with Gasteiger partial charge in [-0.05, 0) is 83.5 Å². The number of hydrogen-bond donors (Lipinski definition) is 3. The molecule has 460 valence electrons. The normalized spacial score (nSPS) is 12.7. The largest absolute Gasteiger partial charge is 0.466 e. The molecule has 78 heavy (non-hydrogen) atoms. The van der Waals surface area contributed by atoms with Gasteiger partial charge >= 0.3 is 5.97 Å². The quantitative estimate of drug-likeness (QED) is 0.0320. The Morgan fingerprint density at radius 1 is 0.359 bits per heavy atom. The van der Waals surface area contributed by atoms with E-state index in [2.05, 4.69) is 55.6 Å². The lowest BCUT2D eigenvalue weighted by molar-refractivity contribution is -0.143. The van der Waals surface area contributed by atoms with Gasteiger partial charge in [0.1, 0.15) is 0 Å². The van der Waals surface area contributed by atoms with Gasteiger partial charge in [-0.2, -0.15) is 0 Å². The Morgan fingerprint density at radius 3 is 1.01 bits per heavy atom. The molecule has 0 saturated heterocycles. The van der Waals surface area contributed by atoms with Crippen molar-refractivity contribution >= 4 is 11.9 Å². The molecule has 0 spiro atoms. The molecular weight excluding hydrogens is 959 g/mol. The number of aliphatic hydroxyl groups is 2. The van der Waals surface area contributed by atoms with Crippen LogP contribution in [0.4, 0.5) is 0 Å². The van der Waals surface area contributed by atoms with Gasteiger partial charge in [0.2, 0.25) is 5.91 Å². The zero-order valence-electron chi connectivity index (χ0n) is 52.7. The second-order valence-corrected chi connectivity index (χ2v) is 24.2. The van der Waals surface area contributed by atoms with Gasteiger partial charge in [0.25, 0.3) is 0 Å². The van der Waals surface area contributed by atoms with Gasteiger partial charge < -0.3 is 20.3 Å². The average Bonchev–Trinajstić information content (AvgIpc) is 3.44. The van der Waals surface area contributed by atoms with Crippen LogP contribution in [0.5, 0.6) is 0 Å². The molecule has 0 aromatic carbocycles. The first-order chi connectivity index (χ1) is 38.5. The highest BCUT2D eigenvalue weighted by atomic mass is 16.5. The van der Waals surface area contributed by atoms with E-state index >= 15 is 0 Å². The second-order valence-electron chi connectivity index (χ2n) is 24.2. The van der Waals surface area contributed by atoms with Crippen molar-refractivity contribution < 1.29 is 24.5 Å². The first kappa shape index (κ1) is 76.1. The predicted octanol–water partition coefficient (Wildman–Crippen LogP) is 22.7. The van der Waals surface area contributed by atoms with Gasteiger partial charge in [-0.1, -0.05) is 326 Å². The Balaban J connectivity index is 3.43. The Bertz CT molecular complexity index is 1260. The maximum atomic E-state index is 12.6. The average molecular weight is 1100 g/mol. The summed E-state index contributed by atoms with van der Waals surface area (Å²) in [5.41, 5.74) is 0. The maximum Gasteiger partial charge on any atom is 0.305 e. The zero-order chi connectivity index (χ0) is 56.4. The molecule has 0 rings (SSSR count). The number of esters is 1. The van der Waals surface area contributed by atoms with Crippen LogP contribution in [0.2, 0.25) is 0 Å². The van der Waals surface area contributed by atoms with Gasteiger partial charge in [-0.15, -0.1) is 0 Å². The van der Waals surface area contributed by atoms with Gasteiger partial charge in [0.15, 0.2) is 0 Å². The molecule has 2 unspecified atom stereocenters. The molecule has 0 aliphatic carbocycles. The van der Waals surface area contributed by atoms with Crippen molar-refractivity contribution in [2.75, 3.05) is 13.2 Å². The molecule has 0 heterocycles. The molecule has 0 aromatic heterocycles. The molecule has 0 radical (unpaired) electrons. The number of amides is 1. The summed E-state index contributed by atoms with van der Waals surface area (Å²) in [6.07, 6.45) is 86.1. The summed E-state index contributed by atoms with van der Waals surface area (Å²) in [4.78, 5) is 24.6. The Kier molecular flexibility index (Phi) is 65.9. The minimum absolute atomic E-state index is 0.00508. The fraction of sp³-hybridized carbons (Fsp3) is 0.889. The van der Waals surface area contributed by atoms with Crippen molar-refractivity contribution in [3.63, 3.8) is 0 Å². The third kappa shape index (κ3) is 63.3. The Labute approximate surface area is 487 Å². The highest BCUT2D eigenvalue weighted by Gasteiger charge is 2.20. The smallest absolute Gasteiger partial charge is 0.305 e. The molecule has 0 aliphatic rings. The van der Waals surface area contributed by atoms with Gasteiger partial charge in [0, 0.05) is 12.8 Å². The minimum Gasteiger partial charge on any atom is -0.466 e. The third-order valence-electron chi connectivity index (χ3n) is 16.4. The fourth-order valence-electron chi connectivity index (χ4n) is 11.0. The summed E-state index contributed by atoms with van der Waals surface area (Å²) >= 11 is 0. The van der Waals surface area contributed by atoms with E-state index in [4.69, 9.17) is 4.74 Å². The number of unbranched alkanes of at least 4 members (excludes halogenated alkanes) is 49. The molecule has 0 fully saturated rings. The number of allylic oxidation sites excluding steroid dienone is 6. The van der Waals surface area contributed by atoms with E-state index < -0.39 is 12.1 Å². The Morgan fingerprint density at radius 2 is 0.641 bits per heavy atom. The van der Waals surface area contributed by atoms with Crippen molar-refractivity contribution in [1.82, 2.24) is 5.32 Å². The highest BCUT2D eigenvalue weighted by molar-refractivity contribution is 5.76. The number of ether oxygens (including phenoxy) is 1. The van der Waals surface area contributed by atoms with Crippen LogP contribution in [0.3, 0.4) is 0 Å². The van der Waals surface area contributed by atoms with Crippen LogP contribution in [-0.2, 0) is 14.3 Å². The summed E-state index contributed by atoms with van der Waals surface area (Å²) in [6.45, 7) is 4.94. The molecule has 0 bridgehead atoms. The maximum absolute atomic E-state index is 12.6. The van der Waals surface area contributed by atoms with Crippen molar-refractivity contribution in [2.45, 2.75) is 398 Å². The minimum atomic E-state index is -0.672. The molecule has 0 saturated carbocycles. The van der Waals surface area contributed by atoms with Crippen LogP contribution in [0.25, 0.3) is 0 Å². The SMILES string of the molecule is CCCCC/C=C\C/C=C\CCCCCCCC(=O)OCCCCCCCCCCCC/C=C\CCCCCCCCCC(=O)NC(CO)C(O)CCCCCCCCCCCCCCCCCCCCCCCCCCC. The van der Waals surface area contributed by atoms with Crippen LogP contribution in [0.15, 0.2) is 36.5 Å². The molecule has 0 aliphatic heterocycles. The van der Waals surface area contributed by atoms with E-state index in [-0.39, 0.29) is 18.5 Å². The van der Waals surface area contributed by atoms with Gasteiger partial charge in [-0.3, -0.25) is 9.59 Å². The first-order valence-corrected chi connectivity index (χ1v) is 35.2. The highest BCUT2D eigenvalue weighted by Crippen LogP contribution is 2.19. The summed E-state index contributed by atoms with van der Waals surface area (Å²) in [5, 5.41) is 23.4. The number of aliphatic hydroxyl groups excluding tert-OH is 2. The van der Waals surface area contributed by atoms with Crippen LogP contribution in [-0.4, -0.2) is 47.4 Å². The number of nitrogens with one attached hydrogen (secondary N) is 1. The van der Waals surface area contributed by atoms with Crippen LogP contribution < -0.4 is 5.32 Å². The lowest BCUT2D eigenvalue weighted by Crippen LogP contribution is -2.45. The zero-order valence-corrected chi connectivity index (χ0v) is 52.7. The molecule has 1 amide bonds. The summed E-state index contributed by atoms with van der Waals surface area (Å²) < 4.78 is 5.48. The van der Waals surface area contributed by atoms with Crippen LogP contribution in [0, 0.1) is 0 Å². The van der Waals surface area contributed by atoms with Crippen molar-refractivity contribution in [2.24, 2.45) is 0 Å². The fourth-order valence-corrected chi connectivity index (χ4v) is 11.0. The molecule has 3 N–H and O–H groups in total. The van der Waals surface area contributed by atoms with Gasteiger partial charge in [0.05, 0.1) is 25.4 Å². The van der Waals surface area contributed by atoms with Crippen LogP contribution >= 0.6 is 0 Å². The number of rotatable bonds is 66. The van der Waals surface area contributed by atoms with E-state index in [1.165, 1.54) is 302 Å². The second kappa shape index (κ2) is 67.6. The van der Waals surface area contributed by atoms with E-state index in [1.807, 2.05) is 0 Å². The lowest BCUT2D eigenvalue weighted by Gasteiger charge is -2.22. The molecule has 0 aromatic rings. The molecule has 6 nitrogen and oxygen atoms in total. The molecular formula is C72H137NO5. The lowest BCUT2D eigenvalue weighted by atomic mass is 10.0. The van der Waals surface area contributed by atoms with E-state index in [0.29, 0.717) is 25.9 Å².